The number of ether oxygens (including phenoxy) is 2. The molecular formula is C24H26ClN2O4-. The number of aromatic nitrogens is 1. The van der Waals surface area contributed by atoms with Crippen molar-refractivity contribution in [1.29, 1.82) is 0 Å². The Morgan fingerprint density at radius 3 is 2.29 bits per heavy atom. The summed E-state index contributed by atoms with van der Waals surface area (Å²) in [7, 11) is 0. The normalized spacial score (nSPS) is 10.3. The number of nitrogens with one attached hydrogen (secondary N) is 1. The van der Waals surface area contributed by atoms with E-state index in [2.05, 4.69) is 17.2 Å². The van der Waals surface area contributed by atoms with Crippen molar-refractivity contribution in [2.24, 2.45) is 0 Å². The molecule has 0 amide bonds. The minimum atomic E-state index is -0.364. The molecule has 164 valence electrons. The van der Waals surface area contributed by atoms with Gasteiger partial charge in [0.2, 0.25) is 0 Å². The van der Waals surface area contributed by atoms with Gasteiger partial charge in [0, 0.05) is 22.5 Å². The largest absolute Gasteiger partial charge is 1.00 e. The number of rotatable bonds is 8. The molecule has 1 aromatic heterocycles. The first-order chi connectivity index (χ1) is 14.5. The van der Waals surface area contributed by atoms with Crippen LogP contribution in [0.3, 0.4) is 0 Å². The van der Waals surface area contributed by atoms with Gasteiger partial charge in [0.05, 0.1) is 29.9 Å². The first-order valence-corrected chi connectivity index (χ1v) is 10.1. The lowest BCUT2D eigenvalue weighted by Crippen LogP contribution is -3.00. The Kier molecular flexibility index (Phi) is 8.82. The molecule has 0 aliphatic carbocycles. The standard InChI is InChI=1S/C24H26N2O4.ClH/c1-4-6-13-30-23(27)17-7-10-19(11-8-17)26-22-14-16(3)25-21-12-9-18(15-20(21)22)24(28)29-5-2;/h7-12,14-15H,4-6,13H2,1-3H3,(H,25,26);1H/p-1. The van der Waals surface area contributed by atoms with Gasteiger partial charge < -0.3 is 27.2 Å². The van der Waals surface area contributed by atoms with Crippen LogP contribution in [0.2, 0.25) is 0 Å². The van der Waals surface area contributed by atoms with E-state index in [1.807, 2.05) is 31.2 Å². The van der Waals surface area contributed by atoms with Crippen LogP contribution in [-0.2, 0) is 9.47 Å². The third-order valence-electron chi connectivity index (χ3n) is 4.58. The predicted octanol–water partition coefficient (Wildman–Crippen LogP) is 2.42. The van der Waals surface area contributed by atoms with E-state index in [-0.39, 0.29) is 24.3 Å². The van der Waals surface area contributed by atoms with Gasteiger partial charge in [-0.05, 0) is 68.8 Å². The van der Waals surface area contributed by atoms with Crippen LogP contribution in [0.5, 0.6) is 0 Å². The van der Waals surface area contributed by atoms with E-state index in [1.165, 1.54) is 0 Å². The number of hydrogen-bond donors (Lipinski definition) is 1. The molecule has 0 radical (unpaired) electrons. The summed E-state index contributed by atoms with van der Waals surface area (Å²) in [6.45, 7) is 6.50. The molecule has 0 fully saturated rings. The molecule has 2 aromatic carbocycles. The average molecular weight is 442 g/mol. The van der Waals surface area contributed by atoms with Crippen molar-refractivity contribution in [3.63, 3.8) is 0 Å². The van der Waals surface area contributed by atoms with Crippen molar-refractivity contribution in [3.8, 4) is 0 Å². The van der Waals surface area contributed by atoms with Crippen LogP contribution in [0, 0.1) is 6.92 Å². The van der Waals surface area contributed by atoms with Crippen LogP contribution in [-0.4, -0.2) is 30.1 Å². The zero-order valence-corrected chi connectivity index (χ0v) is 18.7. The molecule has 3 rings (SSSR count). The van der Waals surface area contributed by atoms with E-state index in [1.54, 1.807) is 31.2 Å². The predicted molar refractivity (Wildman–Crippen MR) is 117 cm³/mol. The Balaban J connectivity index is 0.00000341. The Morgan fingerprint density at radius 2 is 1.61 bits per heavy atom. The summed E-state index contributed by atoms with van der Waals surface area (Å²) in [5, 5.41) is 4.17. The highest BCUT2D eigenvalue weighted by Crippen LogP contribution is 2.28. The number of pyridine rings is 1. The van der Waals surface area contributed by atoms with Crippen LogP contribution in [0.25, 0.3) is 10.9 Å². The van der Waals surface area contributed by atoms with E-state index in [0.29, 0.717) is 24.3 Å². The van der Waals surface area contributed by atoms with Gasteiger partial charge in [-0.3, -0.25) is 4.98 Å². The summed E-state index contributed by atoms with van der Waals surface area (Å²) < 4.78 is 10.3. The summed E-state index contributed by atoms with van der Waals surface area (Å²) in [5.41, 5.74) is 4.25. The third-order valence-corrected chi connectivity index (χ3v) is 4.58. The molecule has 0 aliphatic rings. The van der Waals surface area contributed by atoms with Gasteiger partial charge in [0.1, 0.15) is 0 Å². The van der Waals surface area contributed by atoms with E-state index in [9.17, 15) is 9.59 Å². The van der Waals surface area contributed by atoms with Crippen LogP contribution >= 0.6 is 0 Å². The second kappa shape index (κ2) is 11.3. The average Bonchev–Trinajstić information content (AvgIpc) is 2.74. The second-order valence-electron chi connectivity index (χ2n) is 6.96. The fraction of sp³-hybridized carbons (Fsp3) is 0.292. The van der Waals surface area contributed by atoms with Crippen LogP contribution < -0.4 is 17.7 Å². The highest BCUT2D eigenvalue weighted by Gasteiger charge is 2.12. The van der Waals surface area contributed by atoms with Gasteiger partial charge >= 0.3 is 11.9 Å². The fourth-order valence-corrected chi connectivity index (χ4v) is 3.04. The monoisotopic (exact) mass is 441 g/mol. The van der Waals surface area contributed by atoms with Crippen molar-refractivity contribution >= 4 is 34.2 Å². The maximum absolute atomic E-state index is 12.1. The molecular weight excluding hydrogens is 416 g/mol. The molecule has 0 bridgehead atoms. The third kappa shape index (κ3) is 6.18. The quantitative estimate of drug-likeness (QED) is 0.427. The number of carbonyl (C=O) groups is 2. The molecule has 1 N–H and O–H groups in total. The Bertz CT molecular complexity index is 1050. The van der Waals surface area contributed by atoms with E-state index < -0.39 is 0 Å². The van der Waals surface area contributed by atoms with E-state index in [0.717, 1.165) is 40.8 Å². The Labute approximate surface area is 188 Å². The van der Waals surface area contributed by atoms with E-state index in [4.69, 9.17) is 9.47 Å². The molecule has 3 aromatic rings. The van der Waals surface area contributed by atoms with Crippen molar-refractivity contribution in [3.05, 3.63) is 65.4 Å². The minimum Gasteiger partial charge on any atom is -1.00 e. The number of nitrogens with zero attached hydrogens (tertiary/aromatic N) is 1. The van der Waals surface area contributed by atoms with Crippen molar-refractivity contribution in [2.45, 2.75) is 33.6 Å². The lowest BCUT2D eigenvalue weighted by atomic mass is 10.1. The zero-order chi connectivity index (χ0) is 21.5. The van der Waals surface area contributed by atoms with Gasteiger partial charge in [-0.2, -0.15) is 0 Å². The number of fused-ring (bicyclic) bond motifs is 1. The molecule has 0 saturated carbocycles. The van der Waals surface area contributed by atoms with Crippen LogP contribution in [0.4, 0.5) is 11.4 Å². The number of carbonyl (C=O) groups excluding carboxylic acids is 2. The first-order valence-electron chi connectivity index (χ1n) is 10.1. The van der Waals surface area contributed by atoms with Gasteiger partial charge in [0.15, 0.2) is 0 Å². The number of anilines is 2. The SMILES string of the molecule is CCCCOC(=O)c1ccc(Nc2cc(C)nc3ccc(C(=O)OCC)cc23)cc1.[Cl-]. The molecule has 0 aliphatic heterocycles. The molecule has 0 unspecified atom stereocenters. The zero-order valence-electron chi connectivity index (χ0n) is 17.9. The van der Waals surface area contributed by atoms with Crippen molar-refractivity contribution in [1.82, 2.24) is 4.98 Å². The number of unbranched alkanes of at least 4 members (excludes halogenated alkanes) is 1. The summed E-state index contributed by atoms with van der Waals surface area (Å²) >= 11 is 0. The summed E-state index contributed by atoms with van der Waals surface area (Å²) in [6.07, 6.45) is 1.83. The number of esters is 2. The van der Waals surface area contributed by atoms with Crippen LogP contribution in [0.15, 0.2) is 48.5 Å². The highest BCUT2D eigenvalue weighted by atomic mass is 35.5. The van der Waals surface area contributed by atoms with Gasteiger partial charge in [-0.25, -0.2) is 9.59 Å². The minimum absolute atomic E-state index is 0. The Morgan fingerprint density at radius 1 is 0.935 bits per heavy atom. The van der Waals surface area contributed by atoms with Gasteiger partial charge in [-0.1, -0.05) is 13.3 Å². The molecule has 6 nitrogen and oxygen atoms in total. The molecule has 1 heterocycles. The molecule has 7 heteroatoms. The molecule has 0 saturated heterocycles. The number of aryl methyl sites for hydroxylation is 1. The first kappa shape index (κ1) is 24.2. The maximum atomic E-state index is 12.1. The van der Waals surface area contributed by atoms with Crippen LogP contribution in [0.1, 0.15) is 53.1 Å². The lowest BCUT2D eigenvalue weighted by molar-refractivity contribution is -0.0000419. The summed E-state index contributed by atoms with van der Waals surface area (Å²) in [4.78, 5) is 28.7. The smallest absolute Gasteiger partial charge is 0.338 e. The molecule has 0 atom stereocenters. The van der Waals surface area contributed by atoms with Crippen molar-refractivity contribution < 1.29 is 31.5 Å². The number of halogens is 1. The number of hydrogen-bond acceptors (Lipinski definition) is 6. The Hall–Kier alpha value is -3.12. The van der Waals surface area contributed by atoms with Gasteiger partial charge in [-0.15, -0.1) is 0 Å². The summed E-state index contributed by atoms with van der Waals surface area (Å²) in [6, 6.07) is 14.4. The maximum Gasteiger partial charge on any atom is 0.338 e. The highest BCUT2D eigenvalue weighted by molar-refractivity contribution is 6.00. The summed E-state index contributed by atoms with van der Waals surface area (Å²) in [5.74, 6) is -0.684. The topological polar surface area (TPSA) is 77.5 Å². The molecule has 31 heavy (non-hydrogen) atoms. The van der Waals surface area contributed by atoms with Crippen molar-refractivity contribution in [2.75, 3.05) is 18.5 Å². The number of benzene rings is 2. The molecule has 0 spiro atoms. The lowest BCUT2D eigenvalue weighted by Gasteiger charge is -2.12. The fourth-order valence-electron chi connectivity index (χ4n) is 3.04. The van der Waals surface area contributed by atoms with E-state index >= 15 is 0 Å². The van der Waals surface area contributed by atoms with Gasteiger partial charge in [0.25, 0.3) is 0 Å². The second-order valence-corrected chi connectivity index (χ2v) is 6.96.